The van der Waals surface area contributed by atoms with Gasteiger partial charge in [0.1, 0.15) is 0 Å². The summed E-state index contributed by atoms with van der Waals surface area (Å²) in [6, 6.07) is 0. The van der Waals surface area contributed by atoms with Crippen LogP contribution in [0.5, 0.6) is 0 Å². The molecule has 3 nitrogen and oxygen atoms in total. The molecule has 0 aromatic carbocycles. The monoisotopic (exact) mass is 153 g/mol. The van der Waals surface area contributed by atoms with Crippen molar-refractivity contribution in [3.8, 4) is 0 Å². The highest BCUT2D eigenvalue weighted by Gasteiger charge is 2.48. The van der Waals surface area contributed by atoms with Crippen molar-refractivity contribution in [2.24, 2.45) is 16.3 Å². The zero-order chi connectivity index (χ0) is 7.90. The molecule has 11 heavy (non-hydrogen) atoms. The van der Waals surface area contributed by atoms with Crippen LogP contribution < -0.4 is 0 Å². The van der Waals surface area contributed by atoms with Crippen molar-refractivity contribution in [2.45, 2.75) is 19.3 Å². The van der Waals surface area contributed by atoms with E-state index in [9.17, 15) is 4.79 Å². The number of rotatable bonds is 1. The van der Waals surface area contributed by atoms with Gasteiger partial charge in [-0.1, -0.05) is 0 Å². The normalized spacial score (nSPS) is 40.9. The van der Waals surface area contributed by atoms with Gasteiger partial charge in [-0.3, -0.25) is 9.79 Å². The van der Waals surface area contributed by atoms with Crippen molar-refractivity contribution in [1.82, 2.24) is 0 Å². The van der Waals surface area contributed by atoms with Crippen LogP contribution in [0.1, 0.15) is 19.3 Å². The second-order valence-corrected chi connectivity index (χ2v) is 3.67. The van der Waals surface area contributed by atoms with E-state index in [1.807, 2.05) is 6.21 Å². The number of nitrogens with zero attached hydrogens (tertiary/aromatic N) is 1. The molecular weight excluding hydrogens is 142 g/mol. The number of carboxylic acid groups (broad SMARTS) is 1. The first-order valence-corrected chi connectivity index (χ1v) is 3.93. The van der Waals surface area contributed by atoms with Crippen LogP contribution in [0, 0.1) is 11.3 Å². The van der Waals surface area contributed by atoms with Gasteiger partial charge in [0.25, 0.3) is 0 Å². The SMILES string of the molecule is O=C(O)C1CC2(CC=NC2)C1. The summed E-state index contributed by atoms with van der Waals surface area (Å²) in [6.07, 6.45) is 4.60. The average molecular weight is 153 g/mol. The fourth-order valence-corrected chi connectivity index (χ4v) is 2.04. The summed E-state index contributed by atoms with van der Waals surface area (Å²) in [5, 5.41) is 8.64. The molecule has 1 aliphatic heterocycles. The molecule has 0 saturated heterocycles. The zero-order valence-corrected chi connectivity index (χ0v) is 6.29. The number of hydrogen-bond donors (Lipinski definition) is 1. The Balaban J connectivity index is 1.92. The number of aliphatic imine (C=N–C) groups is 1. The third-order valence-electron chi connectivity index (χ3n) is 2.79. The van der Waals surface area contributed by atoms with Gasteiger partial charge in [0.05, 0.1) is 5.92 Å². The van der Waals surface area contributed by atoms with Crippen LogP contribution in [0.2, 0.25) is 0 Å². The molecule has 0 radical (unpaired) electrons. The summed E-state index contributed by atoms with van der Waals surface area (Å²) in [6.45, 7) is 0.858. The maximum atomic E-state index is 10.5. The van der Waals surface area contributed by atoms with Crippen LogP contribution in [0.4, 0.5) is 0 Å². The number of carboxylic acids is 1. The fourth-order valence-electron chi connectivity index (χ4n) is 2.04. The van der Waals surface area contributed by atoms with Gasteiger partial charge in [-0.15, -0.1) is 0 Å². The molecule has 2 rings (SSSR count). The minimum Gasteiger partial charge on any atom is -0.481 e. The minimum absolute atomic E-state index is 0.0864. The first-order valence-electron chi connectivity index (χ1n) is 3.93. The molecule has 0 bridgehead atoms. The lowest BCUT2D eigenvalue weighted by Crippen LogP contribution is -2.41. The van der Waals surface area contributed by atoms with E-state index in [0.29, 0.717) is 0 Å². The molecule has 1 saturated carbocycles. The van der Waals surface area contributed by atoms with Gasteiger partial charge in [0, 0.05) is 6.54 Å². The lowest BCUT2D eigenvalue weighted by atomic mass is 9.61. The van der Waals surface area contributed by atoms with E-state index in [2.05, 4.69) is 4.99 Å². The number of carbonyl (C=O) groups is 1. The molecule has 60 valence electrons. The van der Waals surface area contributed by atoms with Gasteiger partial charge in [-0.25, -0.2) is 0 Å². The second kappa shape index (κ2) is 2.06. The molecule has 3 heteroatoms. The van der Waals surface area contributed by atoms with Crippen molar-refractivity contribution in [1.29, 1.82) is 0 Å². The molecule has 1 fully saturated rings. The Morgan fingerprint density at radius 2 is 2.36 bits per heavy atom. The molecule has 2 aliphatic rings. The maximum Gasteiger partial charge on any atom is 0.306 e. The quantitative estimate of drug-likeness (QED) is 0.609. The summed E-state index contributed by atoms with van der Waals surface area (Å²) in [5.41, 5.74) is 0.267. The lowest BCUT2D eigenvalue weighted by molar-refractivity contribution is -0.149. The predicted molar refractivity (Wildman–Crippen MR) is 40.8 cm³/mol. The summed E-state index contributed by atoms with van der Waals surface area (Å²) in [5.74, 6) is -0.723. The fraction of sp³-hybridized carbons (Fsp3) is 0.750. The Bertz CT molecular complexity index is 206. The molecule has 1 N–H and O–H groups in total. The van der Waals surface area contributed by atoms with Crippen molar-refractivity contribution in [2.75, 3.05) is 6.54 Å². The van der Waals surface area contributed by atoms with Crippen LogP contribution >= 0.6 is 0 Å². The van der Waals surface area contributed by atoms with Gasteiger partial charge < -0.3 is 5.11 Å². The lowest BCUT2D eigenvalue weighted by Gasteiger charge is -2.42. The summed E-state index contributed by atoms with van der Waals surface area (Å²) in [4.78, 5) is 14.6. The van der Waals surface area contributed by atoms with E-state index in [1.54, 1.807) is 0 Å². The Hall–Kier alpha value is -0.860. The standard InChI is InChI=1S/C8H11NO2/c10-7(11)6-3-8(4-6)1-2-9-5-8/h2,6H,1,3-5H2,(H,10,11). The molecule has 1 aliphatic carbocycles. The van der Waals surface area contributed by atoms with Crippen LogP contribution in [0.3, 0.4) is 0 Å². The topological polar surface area (TPSA) is 49.7 Å². The zero-order valence-electron chi connectivity index (χ0n) is 6.29. The Morgan fingerprint density at radius 1 is 1.64 bits per heavy atom. The third kappa shape index (κ3) is 0.951. The van der Waals surface area contributed by atoms with Gasteiger partial charge >= 0.3 is 5.97 Å². The third-order valence-corrected chi connectivity index (χ3v) is 2.79. The van der Waals surface area contributed by atoms with Crippen LogP contribution in [0.25, 0.3) is 0 Å². The Morgan fingerprint density at radius 3 is 2.82 bits per heavy atom. The van der Waals surface area contributed by atoms with E-state index < -0.39 is 5.97 Å². The largest absolute Gasteiger partial charge is 0.481 e. The molecule has 0 atom stereocenters. The highest BCUT2D eigenvalue weighted by molar-refractivity contribution is 5.72. The van der Waals surface area contributed by atoms with Gasteiger partial charge in [0.2, 0.25) is 0 Å². The van der Waals surface area contributed by atoms with Crippen molar-refractivity contribution >= 4 is 12.2 Å². The summed E-state index contributed by atoms with van der Waals surface area (Å²) < 4.78 is 0. The van der Waals surface area contributed by atoms with E-state index >= 15 is 0 Å². The maximum absolute atomic E-state index is 10.5. The van der Waals surface area contributed by atoms with Crippen LogP contribution in [-0.4, -0.2) is 23.8 Å². The predicted octanol–water partition coefficient (Wildman–Crippen LogP) is 0.942. The molecular formula is C8H11NO2. The van der Waals surface area contributed by atoms with E-state index in [0.717, 1.165) is 25.8 Å². The summed E-state index contributed by atoms with van der Waals surface area (Å²) in [7, 11) is 0. The Kier molecular flexibility index (Phi) is 1.28. The molecule has 0 amide bonds. The molecule has 1 spiro atoms. The average Bonchev–Trinajstić information content (AvgIpc) is 2.29. The first kappa shape index (κ1) is 6.83. The number of aliphatic carboxylic acids is 1. The molecule has 0 unspecified atom stereocenters. The van der Waals surface area contributed by atoms with Crippen LogP contribution in [0.15, 0.2) is 4.99 Å². The van der Waals surface area contributed by atoms with E-state index in [-0.39, 0.29) is 11.3 Å². The first-order chi connectivity index (χ1) is 5.22. The molecule has 0 aromatic rings. The van der Waals surface area contributed by atoms with Crippen molar-refractivity contribution in [3.63, 3.8) is 0 Å². The highest BCUT2D eigenvalue weighted by Crippen LogP contribution is 2.49. The van der Waals surface area contributed by atoms with Crippen LogP contribution in [-0.2, 0) is 4.79 Å². The highest BCUT2D eigenvalue weighted by atomic mass is 16.4. The smallest absolute Gasteiger partial charge is 0.306 e. The second-order valence-electron chi connectivity index (χ2n) is 3.67. The van der Waals surface area contributed by atoms with Gasteiger partial charge in [-0.2, -0.15) is 0 Å². The van der Waals surface area contributed by atoms with Gasteiger partial charge in [-0.05, 0) is 30.9 Å². The minimum atomic E-state index is -0.637. The van der Waals surface area contributed by atoms with Gasteiger partial charge in [0.15, 0.2) is 0 Å². The van der Waals surface area contributed by atoms with Crippen molar-refractivity contribution in [3.05, 3.63) is 0 Å². The Labute approximate surface area is 65.1 Å². The molecule has 0 aromatic heterocycles. The van der Waals surface area contributed by atoms with Crippen molar-refractivity contribution < 1.29 is 9.90 Å². The number of hydrogen-bond acceptors (Lipinski definition) is 2. The summed E-state index contributed by atoms with van der Waals surface area (Å²) >= 11 is 0. The molecule has 1 heterocycles. The van der Waals surface area contributed by atoms with E-state index in [1.165, 1.54) is 0 Å². The van der Waals surface area contributed by atoms with E-state index in [4.69, 9.17) is 5.11 Å².